The van der Waals surface area contributed by atoms with Gasteiger partial charge in [0.15, 0.2) is 0 Å². The molecule has 3 saturated carbocycles. The van der Waals surface area contributed by atoms with Crippen LogP contribution in [0.5, 0.6) is 0 Å². The molecule has 18 nitrogen and oxygen atoms in total. The van der Waals surface area contributed by atoms with E-state index in [0.717, 1.165) is 51.4 Å². The van der Waals surface area contributed by atoms with Crippen LogP contribution in [-0.4, -0.2) is 145 Å². The van der Waals surface area contributed by atoms with Gasteiger partial charge >= 0.3 is 0 Å². The summed E-state index contributed by atoms with van der Waals surface area (Å²) in [6.45, 7) is 18.9. The number of carbonyl (C=O) groups is 8. The van der Waals surface area contributed by atoms with Gasteiger partial charge in [-0.2, -0.15) is 0 Å². The molecular formula is C54H96Cl2N10O8. The molecule has 2 aliphatic heterocycles. The molecule has 0 aromatic rings. The van der Waals surface area contributed by atoms with Crippen LogP contribution in [0, 0.1) is 34.5 Å². The first-order chi connectivity index (χ1) is 33.8. The predicted octanol–water partition coefficient (Wildman–Crippen LogP) is 4.26. The van der Waals surface area contributed by atoms with Crippen LogP contribution >= 0.6 is 24.8 Å². The van der Waals surface area contributed by atoms with Crippen molar-refractivity contribution < 1.29 is 38.4 Å². The van der Waals surface area contributed by atoms with Crippen molar-refractivity contribution in [3.63, 3.8) is 0 Å². The predicted molar refractivity (Wildman–Crippen MR) is 292 cm³/mol. The van der Waals surface area contributed by atoms with Gasteiger partial charge < -0.3 is 52.3 Å². The van der Waals surface area contributed by atoms with E-state index in [-0.39, 0.29) is 117 Å². The third kappa shape index (κ3) is 17.1. The van der Waals surface area contributed by atoms with Gasteiger partial charge in [-0.1, -0.05) is 86.5 Å². The highest BCUT2D eigenvalue weighted by Crippen LogP contribution is 2.34. The molecule has 2 heterocycles. The highest BCUT2D eigenvalue weighted by atomic mass is 35.5. The van der Waals surface area contributed by atoms with Gasteiger partial charge in [0.1, 0.15) is 24.2 Å². The largest absolute Gasteiger partial charge is 0.352 e. The van der Waals surface area contributed by atoms with Crippen molar-refractivity contribution in [3.05, 3.63) is 0 Å². The molecule has 20 heteroatoms. The lowest BCUT2D eigenvalue weighted by Crippen LogP contribution is -2.60. The van der Waals surface area contributed by atoms with Crippen LogP contribution in [0.2, 0.25) is 0 Å². The third-order valence-corrected chi connectivity index (χ3v) is 16.8. The van der Waals surface area contributed by atoms with Crippen molar-refractivity contribution in [3.8, 4) is 0 Å². The van der Waals surface area contributed by atoms with E-state index >= 15 is 0 Å². The molecule has 8 amide bonds. The smallest absolute Gasteiger partial charge is 0.246 e. The lowest BCUT2D eigenvalue weighted by molar-refractivity contribution is -0.144. The monoisotopic (exact) mass is 1080 g/mol. The summed E-state index contributed by atoms with van der Waals surface area (Å²) in [6.07, 6.45) is 13.4. The molecule has 5 rings (SSSR count). The summed E-state index contributed by atoms with van der Waals surface area (Å²) >= 11 is 0. The summed E-state index contributed by atoms with van der Waals surface area (Å²) in [5.41, 5.74) is -1.39. The molecule has 0 radical (unpaired) electrons. The van der Waals surface area contributed by atoms with Crippen molar-refractivity contribution in [2.24, 2.45) is 34.5 Å². The Morgan fingerprint density at radius 2 is 0.784 bits per heavy atom. The molecule has 3 aliphatic carbocycles. The maximum absolute atomic E-state index is 14.6. The maximum atomic E-state index is 14.6. The molecular weight excluding hydrogens is 988 g/mol. The van der Waals surface area contributed by atoms with Crippen LogP contribution in [0.4, 0.5) is 0 Å². The number of carbonyl (C=O) groups excluding carboxylic acids is 8. The Balaban J connectivity index is 0.00000722. The van der Waals surface area contributed by atoms with Gasteiger partial charge in [0, 0.05) is 49.1 Å². The minimum absolute atomic E-state index is 0. The zero-order valence-electron chi connectivity index (χ0n) is 46.8. The number of hydrogen-bond donors (Lipinski definition) is 8. The van der Waals surface area contributed by atoms with Crippen molar-refractivity contribution in [1.82, 2.24) is 52.3 Å². The van der Waals surface area contributed by atoms with Gasteiger partial charge in [0.25, 0.3) is 0 Å². The Hall–Kier alpha value is -3.74. The molecule has 2 unspecified atom stereocenters. The number of nitrogens with zero attached hydrogens (tertiary/aromatic N) is 2. The van der Waals surface area contributed by atoms with Crippen LogP contribution < -0.4 is 42.5 Å². The minimum Gasteiger partial charge on any atom is -0.352 e. The lowest BCUT2D eigenvalue weighted by Gasteiger charge is -2.36. The normalized spacial score (nSPS) is 26.3. The first-order valence-electron chi connectivity index (χ1n) is 27.6. The molecule has 2 saturated heterocycles. The SMILES string of the molecule is CN[C@@H](C)C(=O)N[C@H](C(=O)N1C[C@@H](NC(=O)C2CCCC(C(=O)N[C@H]3C[C@@H](C(=O)N[C@H](C)C4CCCCC4)N(C(=O)[C@@H](NC(=O)[C@H](C)NC)C(C)(C)C)C3)C2)C[C@H]1C(=O)N[C@H](C)C1CCCCC1)C(C)(C)C.Cl.Cl. The van der Waals surface area contributed by atoms with Crippen molar-refractivity contribution in [1.29, 1.82) is 0 Å². The number of rotatable bonds is 18. The van der Waals surface area contributed by atoms with Crippen LogP contribution in [-0.2, 0) is 38.4 Å². The summed E-state index contributed by atoms with van der Waals surface area (Å²) < 4.78 is 0. The van der Waals surface area contributed by atoms with Gasteiger partial charge in [-0.25, -0.2) is 0 Å². The number of likely N-dealkylation sites (N-methyl/N-ethyl adjacent to an activating group) is 2. The molecule has 5 fully saturated rings. The molecule has 0 spiro atoms. The number of likely N-dealkylation sites (tertiary alicyclic amines) is 2. The fraction of sp³-hybridized carbons (Fsp3) is 0.852. The Morgan fingerprint density at radius 3 is 1.09 bits per heavy atom. The molecule has 0 aromatic heterocycles. The Morgan fingerprint density at radius 1 is 0.446 bits per heavy atom. The molecule has 12 atom stereocenters. The molecule has 0 bridgehead atoms. The van der Waals surface area contributed by atoms with Gasteiger partial charge in [0.2, 0.25) is 47.3 Å². The van der Waals surface area contributed by atoms with E-state index < -0.39 is 71.0 Å². The summed E-state index contributed by atoms with van der Waals surface area (Å²) in [4.78, 5) is 116. The summed E-state index contributed by atoms with van der Waals surface area (Å²) in [5, 5.41) is 24.5. The molecule has 0 aromatic carbocycles. The number of halogens is 2. The van der Waals surface area contributed by atoms with Crippen molar-refractivity contribution in [2.45, 2.75) is 232 Å². The van der Waals surface area contributed by atoms with Crippen molar-refractivity contribution >= 4 is 72.1 Å². The number of nitrogens with one attached hydrogen (secondary N) is 8. The van der Waals surface area contributed by atoms with E-state index in [1.165, 1.54) is 22.6 Å². The maximum Gasteiger partial charge on any atom is 0.246 e. The van der Waals surface area contributed by atoms with E-state index in [9.17, 15) is 38.4 Å². The zero-order valence-corrected chi connectivity index (χ0v) is 48.4. The van der Waals surface area contributed by atoms with Crippen LogP contribution in [0.15, 0.2) is 0 Å². The summed E-state index contributed by atoms with van der Waals surface area (Å²) in [6, 6.07) is -5.98. The van der Waals surface area contributed by atoms with Gasteiger partial charge in [-0.05, 0) is 122 Å². The molecule has 424 valence electrons. The number of hydrogen-bond acceptors (Lipinski definition) is 10. The molecule has 5 aliphatic rings. The van der Waals surface area contributed by atoms with Gasteiger partial charge in [-0.3, -0.25) is 38.4 Å². The highest BCUT2D eigenvalue weighted by Gasteiger charge is 2.49. The second kappa shape index (κ2) is 28.6. The fourth-order valence-corrected chi connectivity index (χ4v) is 11.7. The molecule has 74 heavy (non-hydrogen) atoms. The topological polar surface area (TPSA) is 239 Å². The van der Waals surface area contributed by atoms with Gasteiger partial charge in [0.05, 0.1) is 12.1 Å². The fourth-order valence-electron chi connectivity index (χ4n) is 11.7. The van der Waals surface area contributed by atoms with Gasteiger partial charge in [-0.15, -0.1) is 24.8 Å². The first-order valence-corrected chi connectivity index (χ1v) is 27.6. The standard InChI is InChI=1S/C54H94N10O8.2ClH/c1-31(35-20-15-13-16-21-35)57-49(69)41-27-39(29-63(41)51(71)43(53(5,6)7)61-45(65)33(3)55-11)59-47(67)37-24-19-25-38(26-37)48(68)60-40-28-42(50(70)58-32(2)36-22-17-14-18-23-36)64(30-40)52(72)44(54(8,9)10)62-46(66)34(4)56-12;;/h31-44,55-56H,13-30H2,1-12H3,(H,57,69)(H,58,70)(H,59,67)(H,60,68)(H,61,65)(H,62,66);2*1H/t31-,32-,33+,34+,37?,38?,39+,40+,41+,42+,43-,44-;;/m1../s1. The van der Waals surface area contributed by atoms with E-state index in [2.05, 4.69) is 42.5 Å². The third-order valence-electron chi connectivity index (χ3n) is 16.8. The van der Waals surface area contributed by atoms with Crippen LogP contribution in [0.3, 0.4) is 0 Å². The van der Waals surface area contributed by atoms with Crippen LogP contribution in [0.25, 0.3) is 0 Å². The summed E-state index contributed by atoms with van der Waals surface area (Å²) in [5.74, 6) is -2.80. The zero-order chi connectivity index (χ0) is 53.2. The summed E-state index contributed by atoms with van der Waals surface area (Å²) in [7, 11) is 3.34. The van der Waals surface area contributed by atoms with E-state index in [4.69, 9.17) is 0 Å². The van der Waals surface area contributed by atoms with E-state index in [1.807, 2.05) is 55.4 Å². The molecule has 8 N–H and O–H groups in total. The Labute approximate surface area is 455 Å². The Bertz CT molecular complexity index is 1790. The highest BCUT2D eigenvalue weighted by molar-refractivity contribution is 5.96. The lowest BCUT2D eigenvalue weighted by atomic mass is 9.80. The quantitative estimate of drug-likeness (QED) is 0.0971. The van der Waals surface area contributed by atoms with E-state index in [1.54, 1.807) is 27.9 Å². The first kappa shape index (κ1) is 64.5. The van der Waals surface area contributed by atoms with E-state index in [0.29, 0.717) is 31.1 Å². The average molecular weight is 1080 g/mol. The second-order valence-electron chi connectivity index (χ2n) is 24.5. The minimum atomic E-state index is -0.938. The second-order valence-corrected chi connectivity index (χ2v) is 24.5. The van der Waals surface area contributed by atoms with Crippen LogP contribution in [0.1, 0.15) is 172 Å². The number of amides is 8. The average Bonchev–Trinajstić information content (AvgIpc) is 3.98. The van der Waals surface area contributed by atoms with Crippen molar-refractivity contribution in [2.75, 3.05) is 27.2 Å². The Kier molecular flexibility index (Phi) is 24.9.